The highest BCUT2D eigenvalue weighted by Crippen LogP contribution is 2.26. The maximum Gasteiger partial charge on any atom is 0.289 e. The molecule has 5 heteroatoms. The number of amides is 1. The average Bonchev–Trinajstić information content (AvgIpc) is 3.26. The lowest BCUT2D eigenvalue weighted by atomic mass is 10.2. The predicted octanol–water partition coefficient (Wildman–Crippen LogP) is 2.48. The Labute approximate surface area is 138 Å². The van der Waals surface area contributed by atoms with Crippen molar-refractivity contribution in [1.82, 2.24) is 9.80 Å². The number of nitrogens with zero attached hydrogens (tertiary/aromatic N) is 2. The first-order valence-corrected chi connectivity index (χ1v) is 8.77. The zero-order chi connectivity index (χ0) is 16.4. The first-order valence-electron chi connectivity index (χ1n) is 8.77. The van der Waals surface area contributed by atoms with Gasteiger partial charge in [0.1, 0.15) is 5.76 Å². The molecule has 0 aliphatic carbocycles. The SMILES string of the molecule is CCc1oc(C(=O)N2C[C@@H](OC)C[C@H]2CN2CCCC2)cc1C. The van der Waals surface area contributed by atoms with E-state index in [9.17, 15) is 4.79 Å². The number of ether oxygens (including phenoxy) is 1. The van der Waals surface area contributed by atoms with Crippen molar-refractivity contribution in [2.45, 2.75) is 51.7 Å². The summed E-state index contributed by atoms with van der Waals surface area (Å²) in [5.41, 5.74) is 1.06. The molecule has 5 nitrogen and oxygen atoms in total. The van der Waals surface area contributed by atoms with Crippen LogP contribution in [-0.4, -0.2) is 61.1 Å². The molecule has 1 amide bonds. The van der Waals surface area contributed by atoms with Crippen molar-refractivity contribution in [3.63, 3.8) is 0 Å². The third kappa shape index (κ3) is 3.45. The number of carbonyl (C=O) groups excluding carboxylic acids is 1. The van der Waals surface area contributed by atoms with Crippen LogP contribution in [0.15, 0.2) is 10.5 Å². The molecule has 3 rings (SSSR count). The molecule has 0 spiro atoms. The number of methoxy groups -OCH3 is 1. The Hall–Kier alpha value is -1.33. The third-order valence-electron chi connectivity index (χ3n) is 5.19. The van der Waals surface area contributed by atoms with Crippen LogP contribution in [0.4, 0.5) is 0 Å². The second-order valence-electron chi connectivity index (χ2n) is 6.78. The van der Waals surface area contributed by atoms with E-state index in [0.29, 0.717) is 12.3 Å². The second-order valence-corrected chi connectivity index (χ2v) is 6.78. The maximum absolute atomic E-state index is 12.9. The largest absolute Gasteiger partial charge is 0.456 e. The average molecular weight is 320 g/mol. The molecular formula is C18H28N2O3. The molecule has 2 fully saturated rings. The van der Waals surface area contributed by atoms with E-state index < -0.39 is 0 Å². The summed E-state index contributed by atoms with van der Waals surface area (Å²) in [7, 11) is 1.73. The minimum atomic E-state index is 0.0107. The molecule has 128 valence electrons. The Balaban J connectivity index is 1.74. The van der Waals surface area contributed by atoms with Crippen molar-refractivity contribution in [3.8, 4) is 0 Å². The number of carbonyl (C=O) groups is 1. The van der Waals surface area contributed by atoms with Crippen molar-refractivity contribution in [2.75, 3.05) is 33.3 Å². The molecule has 23 heavy (non-hydrogen) atoms. The molecule has 2 aliphatic heterocycles. The van der Waals surface area contributed by atoms with Crippen LogP contribution >= 0.6 is 0 Å². The standard InChI is InChI=1S/C18H28N2O3/c1-4-16-13(2)9-17(23-16)18(21)20-12-15(22-3)10-14(20)11-19-7-5-6-8-19/h9,14-15H,4-8,10-12H2,1-3H3/t14-,15-/m0/s1. The fourth-order valence-corrected chi connectivity index (χ4v) is 3.85. The minimum absolute atomic E-state index is 0.0107. The fraction of sp³-hybridized carbons (Fsp3) is 0.722. The Kier molecular flexibility index (Phi) is 5.07. The quantitative estimate of drug-likeness (QED) is 0.836. The molecule has 0 saturated carbocycles. The lowest BCUT2D eigenvalue weighted by Crippen LogP contribution is -2.42. The Bertz CT molecular complexity index is 548. The first-order chi connectivity index (χ1) is 11.1. The second kappa shape index (κ2) is 7.05. The summed E-state index contributed by atoms with van der Waals surface area (Å²) in [5, 5.41) is 0. The van der Waals surface area contributed by atoms with E-state index in [1.165, 1.54) is 12.8 Å². The topological polar surface area (TPSA) is 45.9 Å². The van der Waals surface area contributed by atoms with Gasteiger partial charge in [-0.25, -0.2) is 0 Å². The summed E-state index contributed by atoms with van der Waals surface area (Å²) in [6, 6.07) is 2.11. The highest BCUT2D eigenvalue weighted by atomic mass is 16.5. The smallest absolute Gasteiger partial charge is 0.289 e. The monoisotopic (exact) mass is 320 g/mol. The molecule has 0 unspecified atom stereocenters. The van der Waals surface area contributed by atoms with E-state index in [-0.39, 0.29) is 18.1 Å². The molecule has 2 aliphatic rings. The normalized spacial score (nSPS) is 25.4. The zero-order valence-corrected chi connectivity index (χ0v) is 14.5. The van der Waals surface area contributed by atoms with Gasteiger partial charge in [0, 0.05) is 32.7 Å². The van der Waals surface area contributed by atoms with Gasteiger partial charge in [0.05, 0.1) is 6.10 Å². The number of rotatable bonds is 5. The number of furan rings is 1. The maximum atomic E-state index is 12.9. The molecule has 2 atom stereocenters. The van der Waals surface area contributed by atoms with Gasteiger partial charge >= 0.3 is 0 Å². The highest BCUT2D eigenvalue weighted by molar-refractivity contribution is 5.92. The molecular weight excluding hydrogens is 292 g/mol. The van der Waals surface area contributed by atoms with E-state index in [1.54, 1.807) is 7.11 Å². The molecule has 1 aromatic heterocycles. The fourth-order valence-electron chi connectivity index (χ4n) is 3.85. The van der Waals surface area contributed by atoms with Crippen LogP contribution in [0.3, 0.4) is 0 Å². The first kappa shape index (κ1) is 16.5. The number of hydrogen-bond acceptors (Lipinski definition) is 4. The van der Waals surface area contributed by atoms with E-state index >= 15 is 0 Å². The lowest BCUT2D eigenvalue weighted by Gasteiger charge is -2.27. The molecule has 0 aromatic carbocycles. The molecule has 0 N–H and O–H groups in total. The van der Waals surface area contributed by atoms with E-state index in [0.717, 1.165) is 43.8 Å². The summed E-state index contributed by atoms with van der Waals surface area (Å²) < 4.78 is 11.3. The van der Waals surface area contributed by atoms with Crippen LogP contribution in [0.5, 0.6) is 0 Å². The van der Waals surface area contributed by atoms with Gasteiger partial charge < -0.3 is 19.0 Å². The summed E-state index contributed by atoms with van der Waals surface area (Å²) >= 11 is 0. The van der Waals surface area contributed by atoms with Crippen LogP contribution in [0, 0.1) is 6.92 Å². The van der Waals surface area contributed by atoms with E-state index in [4.69, 9.17) is 9.15 Å². The van der Waals surface area contributed by atoms with Crippen molar-refractivity contribution in [2.24, 2.45) is 0 Å². The van der Waals surface area contributed by atoms with Gasteiger partial charge in [-0.2, -0.15) is 0 Å². The van der Waals surface area contributed by atoms with Crippen LogP contribution in [0.1, 0.15) is 48.1 Å². The summed E-state index contributed by atoms with van der Waals surface area (Å²) in [6.45, 7) is 7.96. The van der Waals surface area contributed by atoms with Gasteiger partial charge in [-0.15, -0.1) is 0 Å². The Morgan fingerprint density at radius 3 is 2.74 bits per heavy atom. The summed E-state index contributed by atoms with van der Waals surface area (Å²) in [5.74, 6) is 1.39. The van der Waals surface area contributed by atoms with Crippen LogP contribution in [0.25, 0.3) is 0 Å². The van der Waals surface area contributed by atoms with Crippen molar-refractivity contribution in [1.29, 1.82) is 0 Å². The van der Waals surface area contributed by atoms with Crippen molar-refractivity contribution >= 4 is 5.91 Å². The number of aryl methyl sites for hydroxylation is 2. The summed E-state index contributed by atoms with van der Waals surface area (Å²) in [4.78, 5) is 17.4. The van der Waals surface area contributed by atoms with Gasteiger partial charge in [0.15, 0.2) is 5.76 Å². The molecule has 0 radical (unpaired) electrons. The Morgan fingerprint density at radius 1 is 1.39 bits per heavy atom. The highest BCUT2D eigenvalue weighted by Gasteiger charge is 2.38. The minimum Gasteiger partial charge on any atom is -0.456 e. The Morgan fingerprint density at radius 2 is 2.13 bits per heavy atom. The summed E-state index contributed by atoms with van der Waals surface area (Å²) in [6.07, 6.45) is 4.40. The zero-order valence-electron chi connectivity index (χ0n) is 14.5. The van der Waals surface area contributed by atoms with Crippen LogP contribution < -0.4 is 0 Å². The number of likely N-dealkylation sites (tertiary alicyclic amines) is 2. The van der Waals surface area contributed by atoms with E-state index in [1.807, 2.05) is 24.8 Å². The van der Waals surface area contributed by atoms with Crippen molar-refractivity contribution < 1.29 is 13.9 Å². The predicted molar refractivity (Wildman–Crippen MR) is 88.7 cm³/mol. The van der Waals surface area contributed by atoms with Gasteiger partial charge in [0.2, 0.25) is 0 Å². The number of hydrogen-bond donors (Lipinski definition) is 0. The molecule has 0 bridgehead atoms. The molecule has 2 saturated heterocycles. The molecule has 1 aromatic rings. The third-order valence-corrected chi connectivity index (χ3v) is 5.19. The van der Waals surface area contributed by atoms with E-state index in [2.05, 4.69) is 4.90 Å². The van der Waals surface area contributed by atoms with Gasteiger partial charge in [0.25, 0.3) is 5.91 Å². The van der Waals surface area contributed by atoms with Crippen LogP contribution in [-0.2, 0) is 11.2 Å². The van der Waals surface area contributed by atoms with Gasteiger partial charge in [-0.05, 0) is 50.9 Å². The van der Waals surface area contributed by atoms with Crippen molar-refractivity contribution in [3.05, 3.63) is 23.2 Å². The van der Waals surface area contributed by atoms with Gasteiger partial charge in [-0.3, -0.25) is 4.79 Å². The molecule has 3 heterocycles. The van der Waals surface area contributed by atoms with Gasteiger partial charge in [-0.1, -0.05) is 6.92 Å². The lowest BCUT2D eigenvalue weighted by molar-refractivity contribution is 0.0638. The van der Waals surface area contributed by atoms with Crippen LogP contribution in [0.2, 0.25) is 0 Å².